The Balaban J connectivity index is 1.49. The predicted molar refractivity (Wildman–Crippen MR) is 103 cm³/mol. The fourth-order valence-electron chi connectivity index (χ4n) is 3.48. The highest BCUT2D eigenvalue weighted by Crippen LogP contribution is 2.48. The van der Waals surface area contributed by atoms with Crippen LogP contribution in [0.3, 0.4) is 0 Å². The van der Waals surface area contributed by atoms with Crippen molar-refractivity contribution in [2.75, 3.05) is 21.9 Å². The molecule has 0 radical (unpaired) electrons. The number of nitrogens with one attached hydrogen (secondary N) is 1. The number of carbonyl (C=O) groups excluding carboxylic acids is 1. The summed E-state index contributed by atoms with van der Waals surface area (Å²) in [7, 11) is -3.32. The largest absolute Gasteiger partial charge is 0.326 e. The van der Waals surface area contributed by atoms with Crippen molar-refractivity contribution in [2.45, 2.75) is 18.8 Å². The van der Waals surface area contributed by atoms with Crippen LogP contribution in [0.25, 0.3) is 0 Å². The first-order valence-corrected chi connectivity index (χ1v) is 10.6. The number of nitrogens with zero attached hydrogens (tertiary/aromatic N) is 1. The maximum Gasteiger partial charge on any atom is 0.235 e. The highest BCUT2D eigenvalue weighted by atomic mass is 35.5. The lowest BCUT2D eigenvalue weighted by Crippen LogP contribution is -2.25. The molecule has 1 saturated carbocycles. The smallest absolute Gasteiger partial charge is 0.235 e. The van der Waals surface area contributed by atoms with Crippen LogP contribution < -0.4 is 9.62 Å². The van der Waals surface area contributed by atoms with Crippen LogP contribution >= 0.6 is 11.6 Å². The van der Waals surface area contributed by atoms with Gasteiger partial charge in [0.1, 0.15) is 0 Å². The lowest BCUT2D eigenvalue weighted by Gasteiger charge is -2.19. The number of benzene rings is 2. The molecule has 136 valence electrons. The second-order valence-corrected chi connectivity index (χ2v) is 9.18. The lowest BCUT2D eigenvalue weighted by molar-refractivity contribution is -0.117. The number of rotatable bonds is 4. The molecule has 2 aliphatic rings. The summed E-state index contributed by atoms with van der Waals surface area (Å²) in [4.78, 5) is 12.5. The van der Waals surface area contributed by atoms with Gasteiger partial charge >= 0.3 is 0 Å². The number of carbonyl (C=O) groups is 1. The quantitative estimate of drug-likeness (QED) is 0.866. The Morgan fingerprint density at radius 3 is 2.62 bits per heavy atom. The van der Waals surface area contributed by atoms with Crippen molar-refractivity contribution in [3.05, 3.63) is 59.1 Å². The maximum absolute atomic E-state index is 12.5. The van der Waals surface area contributed by atoms with Crippen molar-refractivity contribution in [3.63, 3.8) is 0 Å². The molecule has 26 heavy (non-hydrogen) atoms. The van der Waals surface area contributed by atoms with Gasteiger partial charge in [0.25, 0.3) is 0 Å². The highest BCUT2D eigenvalue weighted by Gasteiger charge is 2.43. The van der Waals surface area contributed by atoms with Crippen molar-refractivity contribution in [1.82, 2.24) is 0 Å². The summed E-state index contributed by atoms with van der Waals surface area (Å²) in [6.07, 6.45) is 1.41. The molecule has 7 heteroatoms. The molecule has 0 aromatic heterocycles. The molecule has 1 saturated heterocycles. The predicted octanol–water partition coefficient (Wildman–Crippen LogP) is 3.62. The lowest BCUT2D eigenvalue weighted by atomic mass is 10.1. The van der Waals surface area contributed by atoms with E-state index in [2.05, 4.69) is 5.32 Å². The zero-order chi connectivity index (χ0) is 18.3. The van der Waals surface area contributed by atoms with Gasteiger partial charge in [0.2, 0.25) is 15.9 Å². The molecular weight excluding hydrogens is 372 g/mol. The fraction of sp³-hybridized carbons (Fsp3) is 0.316. The van der Waals surface area contributed by atoms with Gasteiger partial charge in [-0.25, -0.2) is 8.42 Å². The van der Waals surface area contributed by atoms with E-state index < -0.39 is 10.0 Å². The Kier molecular flexibility index (Phi) is 4.40. The second-order valence-electron chi connectivity index (χ2n) is 6.76. The zero-order valence-corrected chi connectivity index (χ0v) is 15.6. The van der Waals surface area contributed by atoms with Crippen molar-refractivity contribution in [3.8, 4) is 0 Å². The molecular formula is C19H19ClN2O3S. The molecule has 2 atom stereocenters. The van der Waals surface area contributed by atoms with Crippen LogP contribution in [0.4, 0.5) is 11.4 Å². The van der Waals surface area contributed by atoms with Crippen molar-refractivity contribution in [1.29, 1.82) is 0 Å². The van der Waals surface area contributed by atoms with Crippen LogP contribution in [0.5, 0.6) is 0 Å². The first kappa shape index (κ1) is 17.4. The van der Waals surface area contributed by atoms with Crippen LogP contribution in [-0.4, -0.2) is 26.6 Å². The van der Waals surface area contributed by atoms with E-state index in [0.717, 1.165) is 6.42 Å². The van der Waals surface area contributed by atoms with Crippen LogP contribution in [0.1, 0.15) is 24.3 Å². The molecule has 2 aromatic carbocycles. The van der Waals surface area contributed by atoms with Crippen molar-refractivity contribution < 1.29 is 13.2 Å². The average molecular weight is 391 g/mol. The minimum atomic E-state index is -3.32. The monoisotopic (exact) mass is 390 g/mol. The van der Waals surface area contributed by atoms with E-state index in [9.17, 15) is 13.2 Å². The normalized spacial score (nSPS) is 23.7. The molecule has 1 amide bonds. The maximum atomic E-state index is 12.5. The van der Waals surface area contributed by atoms with Crippen LogP contribution in [0, 0.1) is 5.92 Å². The zero-order valence-electron chi connectivity index (χ0n) is 14.1. The molecule has 0 spiro atoms. The molecule has 2 unspecified atom stereocenters. The summed E-state index contributed by atoms with van der Waals surface area (Å²) in [6, 6.07) is 15.0. The van der Waals surface area contributed by atoms with E-state index in [1.54, 1.807) is 18.2 Å². The third-order valence-electron chi connectivity index (χ3n) is 4.94. The molecule has 0 bridgehead atoms. The minimum absolute atomic E-state index is 0.0450. The summed E-state index contributed by atoms with van der Waals surface area (Å²) >= 11 is 6.20. The van der Waals surface area contributed by atoms with Gasteiger partial charge in [-0.15, -0.1) is 0 Å². The van der Waals surface area contributed by atoms with E-state index in [1.165, 1.54) is 9.87 Å². The topological polar surface area (TPSA) is 66.5 Å². The third kappa shape index (κ3) is 3.31. The van der Waals surface area contributed by atoms with Gasteiger partial charge in [-0.1, -0.05) is 41.9 Å². The molecule has 2 fully saturated rings. The van der Waals surface area contributed by atoms with Gasteiger partial charge in [0, 0.05) is 18.2 Å². The fourth-order valence-corrected chi connectivity index (χ4v) is 5.32. The van der Waals surface area contributed by atoms with Gasteiger partial charge < -0.3 is 5.32 Å². The molecule has 1 N–H and O–H groups in total. The Morgan fingerprint density at radius 2 is 1.92 bits per heavy atom. The summed E-state index contributed by atoms with van der Waals surface area (Å²) in [6.45, 7) is 0.415. The van der Waals surface area contributed by atoms with Crippen molar-refractivity contribution >= 4 is 38.9 Å². The van der Waals surface area contributed by atoms with Gasteiger partial charge in [0.05, 0.1) is 16.5 Å². The van der Waals surface area contributed by atoms with E-state index in [4.69, 9.17) is 11.6 Å². The van der Waals surface area contributed by atoms with Crippen LogP contribution in [0.2, 0.25) is 5.02 Å². The number of hydrogen-bond donors (Lipinski definition) is 1. The Labute approximate surface area is 158 Å². The first-order chi connectivity index (χ1) is 12.5. The first-order valence-electron chi connectivity index (χ1n) is 8.61. The van der Waals surface area contributed by atoms with Gasteiger partial charge in [-0.3, -0.25) is 9.10 Å². The summed E-state index contributed by atoms with van der Waals surface area (Å²) < 4.78 is 25.6. The van der Waals surface area contributed by atoms with Crippen LogP contribution in [-0.2, 0) is 14.8 Å². The number of anilines is 2. The summed E-state index contributed by atoms with van der Waals surface area (Å²) in [5.74, 6) is 0.284. The number of hydrogen-bond acceptors (Lipinski definition) is 3. The van der Waals surface area contributed by atoms with Gasteiger partial charge in [-0.2, -0.15) is 0 Å². The van der Waals surface area contributed by atoms with E-state index in [-0.39, 0.29) is 23.5 Å². The van der Waals surface area contributed by atoms with Gasteiger partial charge in [-0.05, 0) is 42.5 Å². The molecule has 1 aliphatic carbocycles. The number of sulfonamides is 1. The summed E-state index contributed by atoms with van der Waals surface area (Å²) in [5, 5.41) is 3.27. The van der Waals surface area contributed by atoms with E-state index in [0.29, 0.717) is 29.4 Å². The minimum Gasteiger partial charge on any atom is -0.326 e. The Morgan fingerprint density at radius 1 is 1.15 bits per heavy atom. The van der Waals surface area contributed by atoms with E-state index >= 15 is 0 Å². The third-order valence-corrected chi connectivity index (χ3v) is 7.11. The Bertz CT molecular complexity index is 947. The molecule has 4 rings (SSSR count). The van der Waals surface area contributed by atoms with Crippen LogP contribution in [0.15, 0.2) is 48.5 Å². The number of halogens is 1. The van der Waals surface area contributed by atoms with Crippen molar-refractivity contribution in [2.24, 2.45) is 5.92 Å². The SMILES string of the molecule is O=C(Nc1ccc(Cl)c(N2CCCS2(=O)=O)c1)C1CC1c1ccccc1. The highest BCUT2D eigenvalue weighted by molar-refractivity contribution is 7.93. The standard InChI is InChI=1S/C19H19ClN2O3S/c20-17-8-7-14(11-18(17)22-9-4-10-26(22,24)25)21-19(23)16-12-15(16)13-5-2-1-3-6-13/h1-3,5-8,11,15-16H,4,9-10,12H2,(H,21,23). The van der Waals surface area contributed by atoms with E-state index in [1.807, 2.05) is 30.3 Å². The average Bonchev–Trinajstić information content (AvgIpc) is 3.35. The second kappa shape index (κ2) is 6.59. The molecule has 1 aliphatic heterocycles. The summed E-state index contributed by atoms with van der Waals surface area (Å²) in [5.41, 5.74) is 2.17. The molecule has 5 nitrogen and oxygen atoms in total. The Hall–Kier alpha value is -2.05. The molecule has 1 heterocycles. The number of amides is 1. The molecule has 2 aromatic rings. The van der Waals surface area contributed by atoms with Gasteiger partial charge in [0.15, 0.2) is 0 Å².